The first-order valence-corrected chi connectivity index (χ1v) is 5.27. The van der Waals surface area contributed by atoms with E-state index in [2.05, 4.69) is 9.97 Å². The molecule has 0 atom stereocenters. The summed E-state index contributed by atoms with van der Waals surface area (Å²) in [5.74, 6) is -0.279. The molecule has 6 heteroatoms. The lowest BCUT2D eigenvalue weighted by Crippen LogP contribution is -2.06. The second kappa shape index (κ2) is 4.95. The average molecular weight is 250 g/mol. The number of halogens is 1. The summed E-state index contributed by atoms with van der Waals surface area (Å²) in [7, 11) is 0. The van der Waals surface area contributed by atoms with E-state index in [1.54, 1.807) is 13.8 Å². The number of esters is 1. The Hall–Kier alpha value is -2.24. The van der Waals surface area contributed by atoms with Crippen molar-refractivity contribution in [3.05, 3.63) is 47.2 Å². The number of carbonyl (C=O) groups excluding carboxylic acids is 1. The number of hydrogen-bond donors (Lipinski definition) is 0. The Morgan fingerprint density at radius 3 is 2.83 bits per heavy atom. The lowest BCUT2D eigenvalue weighted by Gasteiger charge is -2.01. The van der Waals surface area contributed by atoms with Gasteiger partial charge in [0.1, 0.15) is 11.6 Å². The number of hydrogen-bond acceptors (Lipinski definition) is 5. The van der Waals surface area contributed by atoms with Crippen molar-refractivity contribution in [1.29, 1.82) is 0 Å². The Bertz CT molecular complexity index is 561. The molecular weight excluding hydrogens is 239 g/mol. The topological polar surface area (TPSA) is 65.2 Å². The third-order valence-electron chi connectivity index (χ3n) is 2.34. The molecule has 2 heterocycles. The highest BCUT2D eigenvalue weighted by Gasteiger charge is 2.12. The Morgan fingerprint density at radius 2 is 2.22 bits per heavy atom. The summed E-state index contributed by atoms with van der Waals surface area (Å²) < 4.78 is 23.0. The molecule has 94 valence electrons. The molecular formula is C12H11FN2O3. The number of aromatic nitrogens is 2. The molecule has 0 saturated carbocycles. The minimum Gasteiger partial charge on any atom is -0.452 e. The van der Waals surface area contributed by atoms with Gasteiger partial charge in [0.05, 0.1) is 17.5 Å². The Kier molecular flexibility index (Phi) is 3.36. The van der Waals surface area contributed by atoms with Crippen LogP contribution in [-0.4, -0.2) is 15.9 Å². The van der Waals surface area contributed by atoms with Gasteiger partial charge >= 0.3 is 5.97 Å². The molecule has 5 nitrogen and oxygen atoms in total. The second-order valence-corrected chi connectivity index (χ2v) is 3.72. The largest absolute Gasteiger partial charge is 0.452 e. The van der Waals surface area contributed by atoms with Crippen molar-refractivity contribution in [1.82, 2.24) is 9.97 Å². The van der Waals surface area contributed by atoms with Crippen LogP contribution >= 0.6 is 0 Å². The quantitative estimate of drug-likeness (QED) is 0.781. The summed E-state index contributed by atoms with van der Waals surface area (Å²) in [6.45, 7) is 3.47. The molecule has 2 aromatic rings. The van der Waals surface area contributed by atoms with Gasteiger partial charge in [-0.2, -0.15) is 0 Å². The zero-order valence-electron chi connectivity index (χ0n) is 9.94. The Balaban J connectivity index is 2.00. The smallest absolute Gasteiger partial charge is 0.340 e. The van der Waals surface area contributed by atoms with Crippen LogP contribution in [0.25, 0.3) is 0 Å². The van der Waals surface area contributed by atoms with Gasteiger partial charge in [-0.3, -0.25) is 4.98 Å². The Labute approximate surface area is 103 Å². The van der Waals surface area contributed by atoms with Crippen molar-refractivity contribution in [2.45, 2.75) is 20.5 Å². The van der Waals surface area contributed by atoms with Gasteiger partial charge in [0.15, 0.2) is 6.61 Å². The van der Waals surface area contributed by atoms with E-state index in [0.29, 0.717) is 11.7 Å². The van der Waals surface area contributed by atoms with Gasteiger partial charge in [0, 0.05) is 6.20 Å². The number of nitrogens with zero attached hydrogens (tertiary/aromatic N) is 2. The monoisotopic (exact) mass is 250 g/mol. The van der Waals surface area contributed by atoms with E-state index in [4.69, 9.17) is 9.15 Å². The Morgan fingerprint density at radius 1 is 1.44 bits per heavy atom. The van der Waals surface area contributed by atoms with E-state index in [-0.39, 0.29) is 12.2 Å². The second-order valence-electron chi connectivity index (χ2n) is 3.72. The highest BCUT2D eigenvalue weighted by Crippen LogP contribution is 2.10. The molecule has 0 N–H and O–H groups in total. The molecule has 0 saturated heterocycles. The van der Waals surface area contributed by atoms with E-state index >= 15 is 0 Å². The van der Waals surface area contributed by atoms with Crippen molar-refractivity contribution >= 4 is 5.97 Å². The predicted molar refractivity (Wildman–Crippen MR) is 59.3 cm³/mol. The molecule has 2 aromatic heterocycles. The number of rotatable bonds is 3. The van der Waals surface area contributed by atoms with Crippen molar-refractivity contribution in [3.8, 4) is 0 Å². The molecule has 0 amide bonds. The van der Waals surface area contributed by atoms with Gasteiger partial charge < -0.3 is 9.15 Å². The molecule has 0 aliphatic carbocycles. The van der Waals surface area contributed by atoms with Crippen molar-refractivity contribution in [3.63, 3.8) is 0 Å². The van der Waals surface area contributed by atoms with Gasteiger partial charge in [-0.1, -0.05) is 0 Å². The summed E-state index contributed by atoms with van der Waals surface area (Å²) in [5.41, 5.74) is 0.795. The molecule has 0 fully saturated rings. The molecule has 0 bridgehead atoms. The van der Waals surface area contributed by atoms with E-state index < -0.39 is 11.8 Å². The average Bonchev–Trinajstić information content (AvgIpc) is 2.66. The SMILES string of the molecule is Cc1nc(COC(=O)c2cncc(F)c2)oc1C. The van der Waals surface area contributed by atoms with Gasteiger partial charge in [-0.15, -0.1) is 0 Å². The molecule has 18 heavy (non-hydrogen) atoms. The molecule has 0 radical (unpaired) electrons. The van der Waals surface area contributed by atoms with Gasteiger partial charge in [0.25, 0.3) is 0 Å². The number of ether oxygens (including phenoxy) is 1. The lowest BCUT2D eigenvalue weighted by molar-refractivity contribution is 0.0436. The zero-order chi connectivity index (χ0) is 13.1. The standard InChI is InChI=1S/C12H11FN2O3/c1-7-8(2)18-11(15-7)6-17-12(16)9-3-10(13)5-14-4-9/h3-5H,6H2,1-2H3. The summed E-state index contributed by atoms with van der Waals surface area (Å²) in [4.78, 5) is 19.2. The van der Waals surface area contributed by atoms with Gasteiger partial charge in [-0.25, -0.2) is 14.2 Å². The number of aryl methyl sites for hydroxylation is 2. The van der Waals surface area contributed by atoms with E-state index in [1.807, 2.05) is 0 Å². The van der Waals surface area contributed by atoms with Crippen LogP contribution in [-0.2, 0) is 11.3 Å². The maximum atomic E-state index is 12.8. The lowest BCUT2D eigenvalue weighted by atomic mass is 10.3. The van der Waals surface area contributed by atoms with E-state index in [9.17, 15) is 9.18 Å². The normalized spacial score (nSPS) is 10.4. The fourth-order valence-electron chi connectivity index (χ4n) is 1.34. The van der Waals surface area contributed by atoms with Crippen LogP contribution in [0.4, 0.5) is 4.39 Å². The molecule has 0 aromatic carbocycles. The minimum absolute atomic E-state index is 0.0509. The van der Waals surface area contributed by atoms with Crippen LogP contribution in [0.3, 0.4) is 0 Å². The first kappa shape index (κ1) is 12.2. The van der Waals surface area contributed by atoms with E-state index in [0.717, 1.165) is 18.0 Å². The van der Waals surface area contributed by atoms with Crippen LogP contribution in [0.2, 0.25) is 0 Å². The summed E-state index contributed by atoms with van der Waals surface area (Å²) >= 11 is 0. The maximum Gasteiger partial charge on any atom is 0.340 e. The van der Waals surface area contributed by atoms with Crippen molar-refractivity contribution in [2.75, 3.05) is 0 Å². The molecule has 0 unspecified atom stereocenters. The highest BCUT2D eigenvalue weighted by molar-refractivity contribution is 5.88. The summed E-state index contributed by atoms with van der Waals surface area (Å²) in [6, 6.07) is 1.06. The van der Waals surface area contributed by atoms with Crippen LogP contribution in [0.1, 0.15) is 27.7 Å². The summed E-state index contributed by atoms with van der Waals surface area (Å²) in [5, 5.41) is 0. The summed E-state index contributed by atoms with van der Waals surface area (Å²) in [6.07, 6.45) is 2.25. The maximum absolute atomic E-state index is 12.8. The van der Waals surface area contributed by atoms with Gasteiger partial charge in [0.2, 0.25) is 5.89 Å². The minimum atomic E-state index is -0.671. The van der Waals surface area contributed by atoms with Crippen LogP contribution in [0.15, 0.2) is 22.9 Å². The van der Waals surface area contributed by atoms with Crippen LogP contribution < -0.4 is 0 Å². The molecule has 0 spiro atoms. The first-order valence-electron chi connectivity index (χ1n) is 5.27. The number of carbonyl (C=O) groups is 1. The highest BCUT2D eigenvalue weighted by atomic mass is 19.1. The fourth-order valence-corrected chi connectivity index (χ4v) is 1.34. The number of oxazole rings is 1. The molecule has 2 rings (SSSR count). The fraction of sp³-hybridized carbons (Fsp3) is 0.250. The van der Waals surface area contributed by atoms with Gasteiger partial charge in [-0.05, 0) is 19.9 Å². The third-order valence-corrected chi connectivity index (χ3v) is 2.34. The number of pyridine rings is 1. The van der Waals surface area contributed by atoms with Crippen molar-refractivity contribution < 1.29 is 18.3 Å². The van der Waals surface area contributed by atoms with E-state index in [1.165, 1.54) is 6.20 Å². The zero-order valence-corrected chi connectivity index (χ0v) is 9.94. The third kappa shape index (κ3) is 2.71. The molecule has 0 aliphatic heterocycles. The predicted octanol–water partition coefficient (Wildman–Crippen LogP) is 2.18. The first-order chi connectivity index (χ1) is 8.56. The van der Waals surface area contributed by atoms with Crippen LogP contribution in [0, 0.1) is 19.7 Å². The molecule has 0 aliphatic rings. The van der Waals surface area contributed by atoms with Crippen molar-refractivity contribution in [2.24, 2.45) is 0 Å². The van der Waals surface area contributed by atoms with Crippen LogP contribution in [0.5, 0.6) is 0 Å².